The lowest BCUT2D eigenvalue weighted by molar-refractivity contribution is 1.20. The van der Waals surface area contributed by atoms with Crippen molar-refractivity contribution in [2.75, 3.05) is 23.0 Å². The molecule has 0 aliphatic carbocycles. The van der Waals surface area contributed by atoms with Crippen LogP contribution in [0.2, 0.25) is 0 Å². The van der Waals surface area contributed by atoms with Crippen molar-refractivity contribution in [2.24, 2.45) is 0 Å². The lowest BCUT2D eigenvalue weighted by Crippen LogP contribution is -1.92. The first-order valence-corrected chi connectivity index (χ1v) is 12.5. The van der Waals surface area contributed by atoms with Crippen LogP contribution in [0.4, 0.5) is 0 Å². The van der Waals surface area contributed by atoms with Gasteiger partial charge in [0, 0.05) is 25.1 Å². The van der Waals surface area contributed by atoms with Crippen LogP contribution in [0.15, 0.2) is 56.0 Å². The SMILES string of the molecule is CCSc1cccc(-c2c(SCC)cccc2SCC)c1SCC. The molecule has 0 unspecified atom stereocenters. The van der Waals surface area contributed by atoms with Crippen LogP contribution in [0, 0.1) is 0 Å². The van der Waals surface area contributed by atoms with Gasteiger partial charge in [0.1, 0.15) is 0 Å². The summed E-state index contributed by atoms with van der Waals surface area (Å²) in [6.45, 7) is 8.95. The van der Waals surface area contributed by atoms with Gasteiger partial charge < -0.3 is 0 Å². The molecule has 0 saturated heterocycles. The number of thioether (sulfide) groups is 4. The second-order valence-electron chi connectivity index (χ2n) is 4.99. The Labute approximate surface area is 164 Å². The Morgan fingerprint density at radius 2 is 1.04 bits per heavy atom. The Morgan fingerprint density at radius 3 is 1.58 bits per heavy atom. The fourth-order valence-corrected chi connectivity index (χ4v) is 6.27. The third-order valence-electron chi connectivity index (χ3n) is 3.42. The molecule has 0 atom stereocenters. The Balaban J connectivity index is 2.67. The average Bonchev–Trinajstić information content (AvgIpc) is 2.58. The standard InChI is InChI=1S/C20H26S4/c1-5-21-16-12-10-13-17(22-6-2)19(16)15-11-9-14-18(23-7-3)20(15)24-8-4/h9-14H,5-8H2,1-4H3. The second-order valence-corrected chi connectivity index (χ2v) is 10.2. The Kier molecular flexibility index (Phi) is 9.02. The highest BCUT2D eigenvalue weighted by Gasteiger charge is 2.17. The summed E-state index contributed by atoms with van der Waals surface area (Å²) in [7, 11) is 0. The highest BCUT2D eigenvalue weighted by atomic mass is 32.2. The van der Waals surface area contributed by atoms with Crippen LogP contribution in [-0.4, -0.2) is 23.0 Å². The van der Waals surface area contributed by atoms with Gasteiger partial charge in [-0.25, -0.2) is 0 Å². The van der Waals surface area contributed by atoms with Crippen LogP contribution in [-0.2, 0) is 0 Å². The molecule has 4 heteroatoms. The van der Waals surface area contributed by atoms with E-state index in [0.717, 1.165) is 23.0 Å². The first-order chi connectivity index (χ1) is 11.8. The fourth-order valence-electron chi connectivity index (χ4n) is 2.60. The van der Waals surface area contributed by atoms with Crippen molar-refractivity contribution in [1.82, 2.24) is 0 Å². The van der Waals surface area contributed by atoms with Crippen molar-refractivity contribution < 1.29 is 0 Å². The van der Waals surface area contributed by atoms with E-state index in [1.165, 1.54) is 30.7 Å². The highest BCUT2D eigenvalue weighted by Crippen LogP contribution is 2.45. The van der Waals surface area contributed by atoms with Gasteiger partial charge in [-0.2, -0.15) is 0 Å². The van der Waals surface area contributed by atoms with Gasteiger partial charge in [-0.05, 0) is 46.8 Å². The van der Waals surface area contributed by atoms with E-state index in [1.807, 2.05) is 47.0 Å². The molecule has 0 aliphatic rings. The summed E-state index contributed by atoms with van der Waals surface area (Å²) >= 11 is 7.84. The first-order valence-electron chi connectivity index (χ1n) is 8.54. The average molecular weight is 395 g/mol. The van der Waals surface area contributed by atoms with Crippen LogP contribution >= 0.6 is 47.0 Å². The van der Waals surface area contributed by atoms with Gasteiger partial charge in [0.05, 0.1) is 0 Å². The van der Waals surface area contributed by atoms with E-state index in [4.69, 9.17) is 0 Å². The molecule has 0 fully saturated rings. The van der Waals surface area contributed by atoms with Gasteiger partial charge in [-0.1, -0.05) is 45.9 Å². The molecule has 0 aliphatic heterocycles. The quantitative estimate of drug-likeness (QED) is 0.398. The van der Waals surface area contributed by atoms with Crippen molar-refractivity contribution >= 4 is 47.0 Å². The zero-order valence-electron chi connectivity index (χ0n) is 14.9. The largest absolute Gasteiger partial charge is 0.126 e. The fraction of sp³-hybridized carbons (Fsp3) is 0.400. The van der Waals surface area contributed by atoms with E-state index in [-0.39, 0.29) is 0 Å². The van der Waals surface area contributed by atoms with Crippen LogP contribution in [0.1, 0.15) is 27.7 Å². The minimum Gasteiger partial charge on any atom is -0.126 e. The maximum Gasteiger partial charge on any atom is 0.0287 e. The van der Waals surface area contributed by atoms with Crippen LogP contribution < -0.4 is 0 Å². The molecule has 0 spiro atoms. The van der Waals surface area contributed by atoms with Gasteiger partial charge in [-0.15, -0.1) is 47.0 Å². The van der Waals surface area contributed by atoms with E-state index in [9.17, 15) is 0 Å². The summed E-state index contributed by atoms with van der Waals surface area (Å²) in [5.41, 5.74) is 2.85. The predicted molar refractivity (Wildman–Crippen MR) is 117 cm³/mol. The zero-order chi connectivity index (χ0) is 17.4. The lowest BCUT2D eigenvalue weighted by atomic mass is 10.1. The zero-order valence-corrected chi connectivity index (χ0v) is 18.2. The molecule has 2 rings (SSSR count). The first kappa shape index (κ1) is 20.2. The summed E-state index contributed by atoms with van der Waals surface area (Å²) < 4.78 is 0. The van der Waals surface area contributed by atoms with Crippen molar-refractivity contribution in [3.63, 3.8) is 0 Å². The molecule has 2 aromatic rings. The summed E-state index contributed by atoms with van der Waals surface area (Å²) in [4.78, 5) is 5.69. The van der Waals surface area contributed by atoms with Gasteiger partial charge in [-0.3, -0.25) is 0 Å². The minimum atomic E-state index is 1.10. The van der Waals surface area contributed by atoms with E-state index in [2.05, 4.69) is 64.1 Å². The Bertz CT molecular complexity index is 628. The van der Waals surface area contributed by atoms with E-state index in [1.54, 1.807) is 0 Å². The van der Waals surface area contributed by atoms with Crippen molar-refractivity contribution in [3.05, 3.63) is 36.4 Å². The van der Waals surface area contributed by atoms with Gasteiger partial charge in [0.2, 0.25) is 0 Å². The molecule has 0 amide bonds. The third kappa shape index (κ3) is 4.94. The molecule has 0 heterocycles. The molecule has 0 nitrogen and oxygen atoms in total. The van der Waals surface area contributed by atoms with Crippen LogP contribution in [0.5, 0.6) is 0 Å². The summed E-state index contributed by atoms with van der Waals surface area (Å²) in [5.74, 6) is 4.43. The molecular weight excluding hydrogens is 368 g/mol. The van der Waals surface area contributed by atoms with Crippen molar-refractivity contribution in [1.29, 1.82) is 0 Å². The minimum absolute atomic E-state index is 1.10. The molecule has 2 aromatic carbocycles. The van der Waals surface area contributed by atoms with Crippen molar-refractivity contribution in [3.8, 4) is 11.1 Å². The second kappa shape index (κ2) is 10.7. The molecule has 0 radical (unpaired) electrons. The molecule has 24 heavy (non-hydrogen) atoms. The van der Waals surface area contributed by atoms with Crippen LogP contribution in [0.3, 0.4) is 0 Å². The Morgan fingerprint density at radius 1 is 0.583 bits per heavy atom. The summed E-state index contributed by atoms with van der Waals surface area (Å²) in [6.07, 6.45) is 0. The Hall–Kier alpha value is -0.160. The number of hydrogen-bond donors (Lipinski definition) is 0. The smallest absolute Gasteiger partial charge is 0.0287 e. The van der Waals surface area contributed by atoms with Gasteiger partial charge in [0.25, 0.3) is 0 Å². The lowest BCUT2D eigenvalue weighted by Gasteiger charge is -2.19. The highest BCUT2D eigenvalue weighted by molar-refractivity contribution is 8.02. The van der Waals surface area contributed by atoms with E-state index < -0.39 is 0 Å². The molecule has 130 valence electrons. The van der Waals surface area contributed by atoms with E-state index in [0.29, 0.717) is 0 Å². The predicted octanol–water partition coefficient (Wildman–Crippen LogP) is 7.80. The van der Waals surface area contributed by atoms with Crippen LogP contribution in [0.25, 0.3) is 11.1 Å². The van der Waals surface area contributed by atoms with E-state index >= 15 is 0 Å². The van der Waals surface area contributed by atoms with Crippen molar-refractivity contribution in [2.45, 2.75) is 47.3 Å². The monoisotopic (exact) mass is 394 g/mol. The third-order valence-corrected chi connectivity index (χ3v) is 7.39. The number of benzene rings is 2. The molecule has 0 bridgehead atoms. The molecule has 0 N–H and O–H groups in total. The molecular formula is C20H26S4. The maximum atomic E-state index is 2.31. The molecule has 0 saturated carbocycles. The number of hydrogen-bond acceptors (Lipinski definition) is 4. The summed E-state index contributed by atoms with van der Waals surface area (Å²) in [5, 5.41) is 0. The topological polar surface area (TPSA) is 0 Å². The van der Waals surface area contributed by atoms with Gasteiger partial charge in [0.15, 0.2) is 0 Å². The normalized spacial score (nSPS) is 11.0. The summed E-state index contributed by atoms with van der Waals surface area (Å²) in [6, 6.07) is 13.6. The number of rotatable bonds is 9. The molecule has 0 aromatic heterocycles. The van der Waals surface area contributed by atoms with Gasteiger partial charge >= 0.3 is 0 Å². The maximum absolute atomic E-state index is 2.31.